The standard InChI is InChI=1S/C98H73BN4O/c1-97(2,3)68-56-77(62-29-11-7-12-30-62)95(78(57-68)63-31-13-8-14-32-63)102-88-60-70(100-84-42-24-19-37-72(84)73-38-20-25-43-85(73)100)48-50-82(88)99-83-51-49-71(101-86-44-26-21-39-74(86)75-40-22-27-45-87(75)101)61-89(83)103(91-55-67(54-90(102)94(91)99)66-47-52-93-81(53-66)76-41-23-28-46-92(76)104-93)96-79(64-33-15-9-16-34-64)58-69(98(4,5)6)59-80(96)65-35-17-10-18-36-65/h7-61H,1-6H3/i19D,20D,21D,22D,24D,25D,26D,27D,37D,38D,39D,40D,42D,43D,44D,45D,48D,49D,50D,51D,60D,61D. The van der Waals surface area contributed by atoms with Gasteiger partial charge in [0.15, 0.2) is 0 Å². The third-order valence-electron chi connectivity index (χ3n) is 20.5. The molecule has 5 nitrogen and oxygen atoms in total. The fourth-order valence-electron chi connectivity index (χ4n) is 15.5. The van der Waals surface area contributed by atoms with Gasteiger partial charge in [0.2, 0.25) is 0 Å². The molecule has 0 aliphatic carbocycles. The predicted molar refractivity (Wildman–Crippen MR) is 441 cm³/mol. The van der Waals surface area contributed by atoms with E-state index in [9.17, 15) is 24.7 Å². The summed E-state index contributed by atoms with van der Waals surface area (Å²) in [4.78, 5) is 3.75. The minimum atomic E-state index is -1.70. The highest BCUT2D eigenvalue weighted by Gasteiger charge is 2.46. The van der Waals surface area contributed by atoms with Crippen molar-refractivity contribution in [2.75, 3.05) is 9.80 Å². The first-order valence-corrected chi connectivity index (χ1v) is 34.6. The Morgan fingerprint density at radius 3 is 1.05 bits per heavy atom. The van der Waals surface area contributed by atoms with Gasteiger partial charge in [0, 0.05) is 88.7 Å². The molecule has 2 aliphatic rings. The number of hydrogen-bond donors (Lipinski definition) is 0. The Morgan fingerprint density at radius 1 is 0.308 bits per heavy atom. The summed E-state index contributed by atoms with van der Waals surface area (Å²) in [7, 11) is 0. The first kappa shape index (κ1) is 42.6. The number of hydrogen-bond acceptors (Lipinski definition) is 3. The maximum Gasteiger partial charge on any atom is 0.252 e. The van der Waals surface area contributed by atoms with Gasteiger partial charge >= 0.3 is 0 Å². The van der Waals surface area contributed by atoms with Gasteiger partial charge in [0.25, 0.3) is 6.71 Å². The zero-order valence-electron chi connectivity index (χ0n) is 79.3. The maximum absolute atomic E-state index is 11.9. The third-order valence-corrected chi connectivity index (χ3v) is 20.5. The molecule has 20 rings (SSSR count). The number of nitrogens with zero attached hydrogens (tertiary/aromatic N) is 4. The van der Waals surface area contributed by atoms with Gasteiger partial charge in [-0.15, -0.1) is 0 Å². The van der Waals surface area contributed by atoms with E-state index in [4.69, 9.17) is 9.90 Å². The number of furan rings is 1. The Kier molecular flexibility index (Phi) is 9.61. The quantitative estimate of drug-likeness (QED) is 0.135. The van der Waals surface area contributed by atoms with E-state index in [2.05, 4.69) is 65.8 Å². The van der Waals surface area contributed by atoms with Crippen LogP contribution in [0.4, 0.5) is 34.1 Å². The Balaban J connectivity index is 1.08. The molecule has 6 heteroatoms. The zero-order chi connectivity index (χ0) is 88.8. The van der Waals surface area contributed by atoms with Crippen molar-refractivity contribution in [3.05, 3.63) is 344 Å². The lowest BCUT2D eigenvalue weighted by Gasteiger charge is -2.46. The molecular weight excluding hydrogens is 1260 g/mol. The van der Waals surface area contributed by atoms with E-state index in [-0.39, 0.29) is 60.7 Å². The summed E-state index contributed by atoms with van der Waals surface area (Å²) in [5.74, 6) is 0. The molecule has 0 saturated heterocycles. The zero-order valence-corrected chi connectivity index (χ0v) is 57.3. The summed E-state index contributed by atoms with van der Waals surface area (Å²) < 4.78 is 230. The lowest BCUT2D eigenvalue weighted by atomic mass is 9.33. The second-order valence-electron chi connectivity index (χ2n) is 28.7. The molecule has 0 bridgehead atoms. The molecule has 104 heavy (non-hydrogen) atoms. The first-order chi connectivity index (χ1) is 60.0. The van der Waals surface area contributed by atoms with E-state index in [0.717, 1.165) is 25.6 Å². The summed E-state index contributed by atoms with van der Waals surface area (Å²) in [5, 5.41) is 0.0353. The van der Waals surface area contributed by atoms with Crippen LogP contribution in [0, 0.1) is 0 Å². The highest BCUT2D eigenvalue weighted by Crippen LogP contribution is 2.56. The molecular formula is C98H73BN4O. The van der Waals surface area contributed by atoms with Crippen molar-refractivity contribution >= 4 is 123 Å². The molecule has 0 unspecified atom stereocenters. The van der Waals surface area contributed by atoms with Gasteiger partial charge in [-0.3, -0.25) is 0 Å². The van der Waals surface area contributed by atoms with Crippen LogP contribution in [-0.2, 0) is 10.8 Å². The highest BCUT2D eigenvalue weighted by atomic mass is 16.3. The lowest BCUT2D eigenvalue weighted by Crippen LogP contribution is -2.61. The van der Waals surface area contributed by atoms with Crippen LogP contribution in [0.2, 0.25) is 0 Å². The van der Waals surface area contributed by atoms with E-state index in [1.165, 1.54) is 0 Å². The van der Waals surface area contributed by atoms with Crippen molar-refractivity contribution in [1.82, 2.24) is 9.13 Å². The molecule has 2 aliphatic heterocycles. The Morgan fingerprint density at radius 2 is 0.663 bits per heavy atom. The van der Waals surface area contributed by atoms with E-state index < -0.39 is 184 Å². The Labute approximate surface area is 637 Å². The number of benzene rings is 15. The van der Waals surface area contributed by atoms with Gasteiger partial charge < -0.3 is 23.4 Å². The number of para-hydroxylation sites is 5. The summed E-state index contributed by atoms with van der Waals surface area (Å²) >= 11 is 0. The fourth-order valence-corrected chi connectivity index (χ4v) is 15.5. The van der Waals surface area contributed by atoms with Crippen LogP contribution in [0.15, 0.2) is 338 Å². The molecule has 0 radical (unpaired) electrons. The van der Waals surface area contributed by atoms with Crippen molar-refractivity contribution in [1.29, 1.82) is 0 Å². The summed E-state index contributed by atoms with van der Waals surface area (Å²) in [5.41, 5.74) is 5.49. The van der Waals surface area contributed by atoms with E-state index >= 15 is 0 Å². The second kappa shape index (κ2) is 23.5. The van der Waals surface area contributed by atoms with Gasteiger partial charge in [-0.25, -0.2) is 0 Å². The maximum atomic E-state index is 11.9. The number of anilines is 6. The molecule has 0 amide bonds. The molecule has 0 N–H and O–H groups in total. The van der Waals surface area contributed by atoms with Crippen LogP contribution in [0.25, 0.3) is 133 Å². The van der Waals surface area contributed by atoms with Crippen LogP contribution < -0.4 is 26.2 Å². The molecule has 18 aromatic rings. The molecule has 0 spiro atoms. The average Bonchev–Trinajstić information content (AvgIpc) is 0.798. The molecule has 3 aromatic heterocycles. The van der Waals surface area contributed by atoms with Crippen LogP contribution in [0.5, 0.6) is 0 Å². The van der Waals surface area contributed by atoms with Crippen LogP contribution in [0.1, 0.15) is 82.8 Å². The van der Waals surface area contributed by atoms with E-state index in [0.29, 0.717) is 83.6 Å². The third kappa shape index (κ3) is 9.62. The Bertz CT molecular complexity index is 7220. The summed E-state index contributed by atoms with van der Waals surface area (Å²) in [6, 6.07) is 47.9. The molecule has 494 valence electrons. The largest absolute Gasteiger partial charge is 0.456 e. The minimum Gasteiger partial charge on any atom is -0.456 e. The second-order valence-corrected chi connectivity index (χ2v) is 28.7. The topological polar surface area (TPSA) is 29.5 Å². The van der Waals surface area contributed by atoms with Crippen molar-refractivity contribution in [2.45, 2.75) is 52.4 Å². The number of rotatable bonds is 9. The smallest absolute Gasteiger partial charge is 0.252 e. The van der Waals surface area contributed by atoms with Crippen LogP contribution in [0.3, 0.4) is 0 Å². The summed E-state index contributed by atoms with van der Waals surface area (Å²) in [6.45, 7) is 10.9. The van der Waals surface area contributed by atoms with Crippen molar-refractivity contribution < 1.29 is 34.6 Å². The molecule has 0 saturated carbocycles. The SMILES string of the molecule is [2H]c1c([2H])c(-n2c3c([2H])c([2H])c([2H])c([2H])c3c3c([2H])c([2H])c([2H])c([2H])c32)c([2H])c2c1B1c3c(cc(-c4ccc5oc6ccccc6c5c4)cc3N(c3c(-c4ccccc4)cc(C(C)(C)C)cc3-c3ccccc3)c3c([2H])c(-n4c5c([2H])c([2H])c([2H])c([2H])c5c5c([2H])c([2H])c([2H])c([2H])c54)c([2H])c([2H])c31)N2c1c(-c2ccccc2)cc(C(C)(C)C)cc1-c1ccccc1. The number of aromatic nitrogens is 2. The summed E-state index contributed by atoms with van der Waals surface area (Å²) in [6.07, 6.45) is 0. The van der Waals surface area contributed by atoms with Gasteiger partial charge in [-0.05, 0) is 175 Å². The van der Waals surface area contributed by atoms with Crippen molar-refractivity contribution in [3.8, 4) is 67.0 Å². The first-order valence-electron chi connectivity index (χ1n) is 45.6. The minimum absolute atomic E-state index is 0.181. The van der Waals surface area contributed by atoms with Crippen LogP contribution >= 0.6 is 0 Å². The van der Waals surface area contributed by atoms with Gasteiger partial charge in [-0.1, -0.05) is 272 Å². The molecule has 0 atom stereocenters. The van der Waals surface area contributed by atoms with Gasteiger partial charge in [-0.2, -0.15) is 0 Å². The monoisotopic (exact) mass is 1350 g/mol. The van der Waals surface area contributed by atoms with Gasteiger partial charge in [0.1, 0.15) is 11.2 Å². The molecule has 0 fully saturated rings. The van der Waals surface area contributed by atoms with E-state index in [1.54, 1.807) is 0 Å². The Hall–Kier alpha value is -12.6. The van der Waals surface area contributed by atoms with Gasteiger partial charge in [0.05, 0.1) is 63.6 Å². The normalized spacial score (nSPS) is 15.8. The van der Waals surface area contributed by atoms with Crippen LogP contribution in [-0.4, -0.2) is 15.8 Å². The lowest BCUT2D eigenvalue weighted by molar-refractivity contribution is 0.590. The fraction of sp³-hybridized carbons (Fsp3) is 0.0816. The average molecular weight is 1360 g/mol. The van der Waals surface area contributed by atoms with Crippen molar-refractivity contribution in [2.24, 2.45) is 0 Å². The number of fused-ring (bicyclic) bond motifs is 13. The predicted octanol–water partition coefficient (Wildman–Crippen LogP) is 24.8. The molecule has 15 aromatic carbocycles. The molecule has 5 heterocycles. The highest BCUT2D eigenvalue weighted by molar-refractivity contribution is 7.00. The van der Waals surface area contributed by atoms with Crippen molar-refractivity contribution in [3.63, 3.8) is 0 Å². The van der Waals surface area contributed by atoms with E-state index in [1.807, 2.05) is 186 Å².